The monoisotopic (exact) mass is 451 g/mol. The first-order valence-corrected chi connectivity index (χ1v) is 11.9. The van der Waals surface area contributed by atoms with Crippen molar-refractivity contribution in [2.45, 2.75) is 6.10 Å². The Hall–Kier alpha value is -3.54. The van der Waals surface area contributed by atoms with Gasteiger partial charge in [-0.3, -0.25) is 14.7 Å². The molecule has 0 aliphatic carbocycles. The maximum absolute atomic E-state index is 13.0. The third-order valence-corrected chi connectivity index (χ3v) is 6.41. The van der Waals surface area contributed by atoms with Crippen LogP contribution in [0.25, 0.3) is 10.9 Å². The molecule has 1 fully saturated rings. The van der Waals surface area contributed by atoms with E-state index < -0.39 is 0 Å². The normalized spacial score (nSPS) is 14.6. The highest BCUT2D eigenvalue weighted by Crippen LogP contribution is 2.25. The Labute approximate surface area is 200 Å². The van der Waals surface area contributed by atoms with E-state index in [4.69, 9.17) is 4.74 Å². The molecular weight excluding hydrogens is 422 g/mol. The van der Waals surface area contributed by atoms with Crippen molar-refractivity contribution in [2.24, 2.45) is 0 Å². The van der Waals surface area contributed by atoms with Crippen molar-refractivity contribution >= 4 is 16.8 Å². The second kappa shape index (κ2) is 10.6. The Morgan fingerprint density at radius 3 is 2.18 bits per heavy atom. The summed E-state index contributed by atoms with van der Waals surface area (Å²) in [6.45, 7) is 4.65. The second-order valence-corrected chi connectivity index (χ2v) is 8.62. The number of nitrogens with zero attached hydrogens (tertiary/aromatic N) is 3. The first kappa shape index (κ1) is 22.3. The summed E-state index contributed by atoms with van der Waals surface area (Å²) in [4.78, 5) is 21.7. The molecule has 1 amide bonds. The Morgan fingerprint density at radius 1 is 0.824 bits per heavy atom. The minimum Gasteiger partial charge on any atom is -0.367 e. The molecule has 0 radical (unpaired) electrons. The molecule has 34 heavy (non-hydrogen) atoms. The molecule has 1 saturated heterocycles. The lowest BCUT2D eigenvalue weighted by molar-refractivity contribution is 0.0409. The van der Waals surface area contributed by atoms with E-state index in [-0.39, 0.29) is 12.0 Å². The van der Waals surface area contributed by atoms with E-state index in [2.05, 4.69) is 58.4 Å². The summed E-state index contributed by atoms with van der Waals surface area (Å²) in [6, 6.07) is 30.4. The zero-order valence-electron chi connectivity index (χ0n) is 19.2. The number of benzene rings is 3. The van der Waals surface area contributed by atoms with Gasteiger partial charge < -0.3 is 9.64 Å². The summed E-state index contributed by atoms with van der Waals surface area (Å²) in [5.41, 5.74) is 3.96. The molecule has 0 spiro atoms. The number of piperazine rings is 1. The van der Waals surface area contributed by atoms with Crippen LogP contribution in [0.5, 0.6) is 0 Å². The quantitative estimate of drug-likeness (QED) is 0.405. The summed E-state index contributed by atoms with van der Waals surface area (Å²) < 4.78 is 6.37. The Morgan fingerprint density at radius 2 is 1.50 bits per heavy atom. The van der Waals surface area contributed by atoms with Gasteiger partial charge in [0.25, 0.3) is 5.91 Å². The lowest BCUT2D eigenvalue weighted by Crippen LogP contribution is -2.49. The Kier molecular flexibility index (Phi) is 6.94. The molecule has 1 aliphatic rings. The molecule has 0 atom stereocenters. The predicted octanol–water partition coefficient (Wildman–Crippen LogP) is 4.80. The number of carbonyl (C=O) groups excluding carboxylic acids is 1. The number of ether oxygens (including phenoxy) is 1. The van der Waals surface area contributed by atoms with Crippen molar-refractivity contribution < 1.29 is 9.53 Å². The average Bonchev–Trinajstić information content (AvgIpc) is 2.92. The van der Waals surface area contributed by atoms with Crippen molar-refractivity contribution in [3.8, 4) is 0 Å². The molecule has 5 nitrogen and oxygen atoms in total. The predicted molar refractivity (Wildman–Crippen MR) is 135 cm³/mol. The van der Waals surface area contributed by atoms with Crippen LogP contribution < -0.4 is 0 Å². The Bertz CT molecular complexity index is 1180. The molecule has 5 rings (SSSR count). The maximum atomic E-state index is 13.0. The molecule has 0 N–H and O–H groups in total. The van der Waals surface area contributed by atoms with Crippen LogP contribution in [0.15, 0.2) is 97.2 Å². The third kappa shape index (κ3) is 5.16. The largest absolute Gasteiger partial charge is 0.367 e. The first-order chi connectivity index (χ1) is 16.8. The molecular formula is C29H29N3O2. The number of carbonyl (C=O) groups is 1. The Balaban J connectivity index is 1.15. The SMILES string of the molecule is O=C(c1ccc2ncccc2c1)N1CCN(CCOC(c2ccccc2)c2ccccc2)CC1. The minimum atomic E-state index is -0.0762. The number of amides is 1. The van der Waals surface area contributed by atoms with Gasteiger partial charge in [-0.25, -0.2) is 0 Å². The fourth-order valence-corrected chi connectivity index (χ4v) is 4.51. The van der Waals surface area contributed by atoms with Gasteiger partial charge >= 0.3 is 0 Å². The van der Waals surface area contributed by atoms with Gasteiger partial charge in [-0.05, 0) is 35.4 Å². The van der Waals surface area contributed by atoms with Crippen molar-refractivity contribution in [1.29, 1.82) is 0 Å². The van der Waals surface area contributed by atoms with E-state index in [0.29, 0.717) is 6.61 Å². The van der Waals surface area contributed by atoms with Gasteiger partial charge in [0.15, 0.2) is 0 Å². The number of fused-ring (bicyclic) bond motifs is 1. The highest BCUT2D eigenvalue weighted by Gasteiger charge is 2.23. The van der Waals surface area contributed by atoms with E-state index in [1.54, 1.807) is 6.20 Å². The summed E-state index contributed by atoms with van der Waals surface area (Å²) in [6.07, 6.45) is 1.70. The average molecular weight is 452 g/mol. The summed E-state index contributed by atoms with van der Waals surface area (Å²) in [7, 11) is 0. The minimum absolute atomic E-state index is 0.0762. The fraction of sp³-hybridized carbons (Fsp3) is 0.241. The van der Waals surface area contributed by atoms with E-state index in [1.807, 2.05) is 47.4 Å². The lowest BCUT2D eigenvalue weighted by Gasteiger charge is -2.35. The highest BCUT2D eigenvalue weighted by molar-refractivity contribution is 5.98. The molecule has 172 valence electrons. The van der Waals surface area contributed by atoms with Crippen LogP contribution in [0, 0.1) is 0 Å². The van der Waals surface area contributed by atoms with Gasteiger partial charge in [0.1, 0.15) is 6.10 Å². The molecule has 0 bridgehead atoms. The molecule has 0 saturated carbocycles. The van der Waals surface area contributed by atoms with Gasteiger partial charge in [-0.15, -0.1) is 0 Å². The number of rotatable bonds is 7. The standard InChI is InChI=1S/C29H29N3O2/c33-29(26-13-14-27-25(22-26)12-7-15-30-27)32-18-16-31(17-19-32)20-21-34-28(23-8-3-1-4-9-23)24-10-5-2-6-11-24/h1-15,22,28H,16-21H2. The van der Waals surface area contributed by atoms with Gasteiger partial charge in [0.05, 0.1) is 12.1 Å². The molecule has 4 aromatic rings. The van der Waals surface area contributed by atoms with Crippen LogP contribution >= 0.6 is 0 Å². The van der Waals surface area contributed by atoms with Gasteiger partial charge in [0.2, 0.25) is 0 Å². The van der Waals surface area contributed by atoms with Gasteiger partial charge in [-0.2, -0.15) is 0 Å². The van der Waals surface area contributed by atoms with Crippen molar-refractivity contribution in [3.05, 3.63) is 114 Å². The first-order valence-electron chi connectivity index (χ1n) is 11.9. The number of hydrogen-bond donors (Lipinski definition) is 0. The van der Waals surface area contributed by atoms with E-state index in [1.165, 1.54) is 0 Å². The van der Waals surface area contributed by atoms with Crippen LogP contribution in [0.4, 0.5) is 0 Å². The van der Waals surface area contributed by atoms with Crippen LogP contribution in [0.1, 0.15) is 27.6 Å². The topological polar surface area (TPSA) is 45.7 Å². The lowest BCUT2D eigenvalue weighted by atomic mass is 10.0. The summed E-state index contributed by atoms with van der Waals surface area (Å²) >= 11 is 0. The molecule has 1 aliphatic heterocycles. The van der Waals surface area contributed by atoms with Crippen LogP contribution in [0.3, 0.4) is 0 Å². The van der Waals surface area contributed by atoms with Crippen LogP contribution in [-0.2, 0) is 4.74 Å². The van der Waals surface area contributed by atoms with E-state index in [0.717, 1.165) is 60.3 Å². The van der Waals surface area contributed by atoms with E-state index in [9.17, 15) is 4.79 Å². The third-order valence-electron chi connectivity index (χ3n) is 6.41. The smallest absolute Gasteiger partial charge is 0.253 e. The fourth-order valence-electron chi connectivity index (χ4n) is 4.51. The van der Waals surface area contributed by atoms with Crippen LogP contribution in [0.2, 0.25) is 0 Å². The molecule has 2 heterocycles. The molecule has 1 aromatic heterocycles. The van der Waals surface area contributed by atoms with E-state index >= 15 is 0 Å². The molecule has 5 heteroatoms. The number of aromatic nitrogens is 1. The maximum Gasteiger partial charge on any atom is 0.253 e. The van der Waals surface area contributed by atoms with Crippen LogP contribution in [-0.4, -0.2) is 60.0 Å². The zero-order valence-corrected chi connectivity index (χ0v) is 19.2. The van der Waals surface area contributed by atoms with Gasteiger partial charge in [0, 0.05) is 49.9 Å². The molecule has 0 unspecified atom stereocenters. The van der Waals surface area contributed by atoms with Gasteiger partial charge in [-0.1, -0.05) is 66.7 Å². The number of pyridine rings is 1. The van der Waals surface area contributed by atoms with Crippen molar-refractivity contribution in [1.82, 2.24) is 14.8 Å². The number of hydrogen-bond acceptors (Lipinski definition) is 4. The van der Waals surface area contributed by atoms with Crippen molar-refractivity contribution in [3.63, 3.8) is 0 Å². The van der Waals surface area contributed by atoms with Crippen molar-refractivity contribution in [2.75, 3.05) is 39.3 Å². The highest BCUT2D eigenvalue weighted by atomic mass is 16.5. The molecule has 3 aromatic carbocycles. The summed E-state index contributed by atoms with van der Waals surface area (Å²) in [5.74, 6) is 0.0925. The zero-order chi connectivity index (χ0) is 23.2. The second-order valence-electron chi connectivity index (χ2n) is 8.62. The summed E-state index contributed by atoms with van der Waals surface area (Å²) in [5, 5.41) is 0.996.